The van der Waals surface area contributed by atoms with Gasteiger partial charge in [0, 0.05) is 32.2 Å². The third kappa shape index (κ3) is 4.16. The highest BCUT2D eigenvalue weighted by Crippen LogP contribution is 2.37. The molecule has 0 atom stereocenters. The van der Waals surface area contributed by atoms with E-state index in [0.717, 1.165) is 25.7 Å². The van der Waals surface area contributed by atoms with Crippen LogP contribution in [0, 0.1) is 16.0 Å². The summed E-state index contributed by atoms with van der Waals surface area (Å²) in [5, 5.41) is 27.4. The van der Waals surface area contributed by atoms with Gasteiger partial charge in [-0.05, 0) is 44.6 Å². The Morgan fingerprint density at radius 1 is 1.30 bits per heavy atom. The van der Waals surface area contributed by atoms with Crippen LogP contribution in [0.25, 0.3) is 0 Å². The van der Waals surface area contributed by atoms with Crippen LogP contribution in [0.5, 0.6) is 0 Å². The van der Waals surface area contributed by atoms with E-state index in [1.807, 2.05) is 4.90 Å². The number of nitrogens with zero attached hydrogens (tertiary/aromatic N) is 2. The van der Waals surface area contributed by atoms with Gasteiger partial charge in [-0.1, -0.05) is 6.92 Å². The number of hydrogen-bond acceptors (Lipinski definition) is 6. The number of aliphatic hydroxyl groups is 1. The normalized spacial score (nSPS) is 24.1. The van der Waals surface area contributed by atoms with Gasteiger partial charge in [-0.15, -0.1) is 0 Å². The van der Waals surface area contributed by atoms with Gasteiger partial charge in [-0.2, -0.15) is 0 Å². The minimum Gasteiger partial charge on any atom is -0.386 e. The molecule has 3 rings (SSSR count). The van der Waals surface area contributed by atoms with Crippen LogP contribution in [0.1, 0.15) is 49.9 Å². The van der Waals surface area contributed by atoms with E-state index in [0.29, 0.717) is 30.4 Å². The van der Waals surface area contributed by atoms with Crippen LogP contribution in [0.4, 0.5) is 17.1 Å². The van der Waals surface area contributed by atoms with Crippen molar-refractivity contribution in [3.8, 4) is 0 Å². The molecule has 1 aliphatic carbocycles. The molecule has 3 N–H and O–H groups in total. The van der Waals surface area contributed by atoms with Crippen molar-refractivity contribution < 1.29 is 14.8 Å². The fraction of sp³-hybridized carbons (Fsp3) is 0.632. The first-order chi connectivity index (χ1) is 12.7. The number of nitro groups is 1. The number of carbonyl (C=O) groups excluding carboxylic acids is 1. The highest BCUT2D eigenvalue weighted by molar-refractivity contribution is 6.02. The van der Waals surface area contributed by atoms with Gasteiger partial charge >= 0.3 is 0 Å². The van der Waals surface area contributed by atoms with Gasteiger partial charge < -0.3 is 20.6 Å². The molecule has 1 aromatic rings. The van der Waals surface area contributed by atoms with Crippen LogP contribution < -0.4 is 15.5 Å². The molecule has 8 heteroatoms. The highest BCUT2D eigenvalue weighted by atomic mass is 16.6. The van der Waals surface area contributed by atoms with Crippen LogP contribution in [0.2, 0.25) is 0 Å². The summed E-state index contributed by atoms with van der Waals surface area (Å²) in [5.74, 6) is 0.384. The first-order valence-corrected chi connectivity index (χ1v) is 9.48. The highest BCUT2D eigenvalue weighted by Gasteiger charge is 2.39. The molecule has 8 nitrogen and oxygen atoms in total. The second-order valence-electron chi connectivity index (χ2n) is 8.18. The first-order valence-electron chi connectivity index (χ1n) is 9.48. The fourth-order valence-electron chi connectivity index (χ4n) is 3.99. The maximum atomic E-state index is 13.0. The monoisotopic (exact) mass is 376 g/mol. The quantitative estimate of drug-likeness (QED) is 0.538. The van der Waals surface area contributed by atoms with E-state index in [1.54, 1.807) is 20.0 Å². The number of rotatable bonds is 5. The van der Waals surface area contributed by atoms with E-state index < -0.39 is 10.5 Å². The fourth-order valence-corrected chi connectivity index (χ4v) is 3.99. The molecule has 0 radical (unpaired) electrons. The van der Waals surface area contributed by atoms with Crippen molar-refractivity contribution in [2.75, 3.05) is 30.4 Å². The molecule has 0 unspecified atom stereocenters. The second-order valence-corrected chi connectivity index (χ2v) is 8.18. The van der Waals surface area contributed by atoms with Gasteiger partial charge in [0.05, 0.1) is 21.8 Å². The topological polar surface area (TPSA) is 108 Å². The molecule has 0 aromatic heterocycles. The van der Waals surface area contributed by atoms with Gasteiger partial charge in [-0.25, -0.2) is 0 Å². The number of nitrogens with one attached hydrogen (secondary N) is 2. The summed E-state index contributed by atoms with van der Waals surface area (Å²) in [6.07, 6.45) is 4.01. The van der Waals surface area contributed by atoms with Crippen molar-refractivity contribution in [1.29, 1.82) is 0 Å². The first kappa shape index (κ1) is 19.4. The van der Waals surface area contributed by atoms with Gasteiger partial charge in [0.1, 0.15) is 5.69 Å². The molecule has 1 saturated heterocycles. The lowest BCUT2D eigenvalue weighted by Crippen LogP contribution is -2.60. The smallest absolute Gasteiger partial charge is 0.293 e. The summed E-state index contributed by atoms with van der Waals surface area (Å²) in [5.41, 5.74) is 0.308. The van der Waals surface area contributed by atoms with Gasteiger partial charge in [-0.3, -0.25) is 14.9 Å². The van der Waals surface area contributed by atoms with Crippen molar-refractivity contribution >= 4 is 23.0 Å². The molecule has 0 spiro atoms. The predicted octanol–water partition coefficient (Wildman–Crippen LogP) is 2.52. The van der Waals surface area contributed by atoms with Gasteiger partial charge in [0.25, 0.3) is 11.6 Å². The Morgan fingerprint density at radius 3 is 2.44 bits per heavy atom. The number of hydrogen-bond donors (Lipinski definition) is 3. The third-order valence-corrected chi connectivity index (χ3v) is 5.58. The number of amides is 1. The molecule has 1 aromatic carbocycles. The number of β-amino-alcohol motifs (C(OH)–C–C–N with tert-alkyl or cyclic N) is 1. The zero-order chi connectivity index (χ0) is 19.8. The van der Waals surface area contributed by atoms with Crippen molar-refractivity contribution in [3.05, 3.63) is 27.8 Å². The molecule has 2 fully saturated rings. The lowest BCUT2D eigenvalue weighted by molar-refractivity contribution is -0.383. The average molecular weight is 376 g/mol. The van der Waals surface area contributed by atoms with Crippen LogP contribution in [0.3, 0.4) is 0 Å². The van der Waals surface area contributed by atoms with Gasteiger partial charge in [0.15, 0.2) is 0 Å². The Bertz CT molecular complexity index is 733. The van der Waals surface area contributed by atoms with E-state index >= 15 is 0 Å². The van der Waals surface area contributed by atoms with Crippen LogP contribution in [-0.2, 0) is 0 Å². The molecule has 1 amide bonds. The van der Waals surface area contributed by atoms with E-state index in [4.69, 9.17) is 0 Å². The Balaban J connectivity index is 1.89. The van der Waals surface area contributed by atoms with Gasteiger partial charge in [0.2, 0.25) is 0 Å². The number of carbonyl (C=O) groups is 1. The Morgan fingerprint density at radius 2 is 1.93 bits per heavy atom. The summed E-state index contributed by atoms with van der Waals surface area (Å²) in [6.45, 7) is 4.72. The Hall–Kier alpha value is -2.35. The molecule has 27 heavy (non-hydrogen) atoms. The van der Waals surface area contributed by atoms with Crippen LogP contribution in [-0.4, -0.2) is 47.7 Å². The zero-order valence-corrected chi connectivity index (χ0v) is 16.1. The van der Waals surface area contributed by atoms with Crippen molar-refractivity contribution in [2.24, 2.45) is 5.92 Å². The Labute approximate surface area is 159 Å². The lowest BCUT2D eigenvalue weighted by atomic mass is 9.87. The molecular formula is C19H28N4O4. The molecule has 2 aliphatic rings. The third-order valence-electron chi connectivity index (χ3n) is 5.58. The summed E-state index contributed by atoms with van der Waals surface area (Å²) in [7, 11) is 1.61. The largest absolute Gasteiger partial charge is 0.386 e. The maximum absolute atomic E-state index is 13.0. The molecule has 1 heterocycles. The summed E-state index contributed by atoms with van der Waals surface area (Å²) in [6, 6.07) is 3.07. The number of benzene rings is 1. The van der Waals surface area contributed by atoms with E-state index in [2.05, 4.69) is 17.6 Å². The molecule has 1 saturated carbocycles. The van der Waals surface area contributed by atoms with Crippen LogP contribution in [0.15, 0.2) is 12.1 Å². The molecule has 148 valence electrons. The molecular weight excluding hydrogens is 348 g/mol. The number of nitro benzene ring substituents is 1. The summed E-state index contributed by atoms with van der Waals surface area (Å²) in [4.78, 5) is 25.8. The van der Waals surface area contributed by atoms with E-state index in [-0.39, 0.29) is 23.2 Å². The minimum atomic E-state index is -0.811. The zero-order valence-electron chi connectivity index (χ0n) is 16.1. The Kier molecular flexibility index (Phi) is 5.28. The molecule has 1 aliphatic heterocycles. The van der Waals surface area contributed by atoms with Crippen molar-refractivity contribution in [1.82, 2.24) is 5.32 Å². The average Bonchev–Trinajstić information content (AvgIpc) is 2.60. The lowest BCUT2D eigenvalue weighted by Gasteiger charge is -2.46. The SMILES string of the molecule is CNc1cc(N2CC(C)(O)C2)c(C(=O)N[C@H]2CC[C@H](C)CC2)cc1[N+](=O)[O-]. The van der Waals surface area contributed by atoms with Crippen molar-refractivity contribution in [2.45, 2.75) is 51.2 Å². The molecule has 0 bridgehead atoms. The number of anilines is 2. The maximum Gasteiger partial charge on any atom is 0.293 e. The second kappa shape index (κ2) is 7.34. The van der Waals surface area contributed by atoms with E-state index in [1.165, 1.54) is 6.07 Å². The summed E-state index contributed by atoms with van der Waals surface area (Å²) < 4.78 is 0. The summed E-state index contributed by atoms with van der Waals surface area (Å²) >= 11 is 0. The standard InChI is InChI=1S/C19H28N4O4/c1-12-4-6-13(7-5-12)21-18(24)14-8-17(23(26)27)15(20-3)9-16(14)22-10-19(2,25)11-22/h8-9,12-13,20,25H,4-7,10-11H2,1-3H3,(H,21,24)/t12-,13-. The van der Waals surface area contributed by atoms with E-state index in [9.17, 15) is 20.0 Å². The minimum absolute atomic E-state index is 0.101. The van der Waals surface area contributed by atoms with Crippen LogP contribution >= 0.6 is 0 Å². The predicted molar refractivity (Wildman–Crippen MR) is 104 cm³/mol. The van der Waals surface area contributed by atoms with Crippen molar-refractivity contribution in [3.63, 3.8) is 0 Å².